The molecule has 1 aromatic heterocycles. The van der Waals surface area contributed by atoms with Crippen LogP contribution in [0.15, 0.2) is 48.8 Å². The first kappa shape index (κ1) is 30.2. The number of carbonyl (C=O) groups excluding carboxylic acids is 4. The highest BCUT2D eigenvalue weighted by atomic mass is 19.1. The van der Waals surface area contributed by atoms with Gasteiger partial charge in [-0.05, 0) is 41.8 Å². The van der Waals surface area contributed by atoms with Crippen molar-refractivity contribution in [1.82, 2.24) is 25.5 Å². The van der Waals surface area contributed by atoms with Crippen molar-refractivity contribution in [2.75, 3.05) is 26.8 Å². The molecule has 13 nitrogen and oxygen atoms in total. The quantitative estimate of drug-likeness (QED) is 0.395. The lowest BCUT2D eigenvalue weighted by Gasteiger charge is -2.38. The van der Waals surface area contributed by atoms with E-state index in [1.54, 1.807) is 24.3 Å². The Morgan fingerprint density at radius 3 is 2.59 bits per heavy atom. The minimum absolute atomic E-state index is 0.00647. The third kappa shape index (κ3) is 7.38. The summed E-state index contributed by atoms with van der Waals surface area (Å²) in [7, 11) is 1.48. The number of piperidine rings is 1. The number of benzene rings is 2. The molecule has 4 amide bonds. The zero-order valence-corrected chi connectivity index (χ0v) is 23.9. The number of nitrogens with zero attached hydrogens (tertiary/aromatic N) is 3. The zero-order valence-electron chi connectivity index (χ0n) is 23.9. The lowest BCUT2D eigenvalue weighted by molar-refractivity contribution is -0.125. The molecule has 0 spiro atoms. The summed E-state index contributed by atoms with van der Waals surface area (Å²) >= 11 is 0. The second kappa shape index (κ2) is 13.4. The van der Waals surface area contributed by atoms with Crippen molar-refractivity contribution >= 4 is 23.6 Å². The van der Waals surface area contributed by atoms with Crippen LogP contribution in [-0.2, 0) is 22.6 Å². The number of likely N-dealkylation sites (tertiary alicyclic amines) is 1. The summed E-state index contributed by atoms with van der Waals surface area (Å²) in [4.78, 5) is 59.6. The maximum Gasteiger partial charge on any atom is 0.274 e. The second-order valence-electron chi connectivity index (χ2n) is 10.4. The summed E-state index contributed by atoms with van der Waals surface area (Å²) in [5, 5.41) is 5.69. The molecule has 3 aromatic rings. The topological polar surface area (TPSA) is 175 Å². The highest BCUT2D eigenvalue weighted by molar-refractivity contribution is 5.94. The van der Waals surface area contributed by atoms with Crippen molar-refractivity contribution in [2.45, 2.75) is 38.0 Å². The van der Waals surface area contributed by atoms with Crippen molar-refractivity contribution in [3.63, 3.8) is 0 Å². The molecule has 1 fully saturated rings. The lowest BCUT2D eigenvalue weighted by Crippen LogP contribution is -2.58. The van der Waals surface area contributed by atoms with E-state index in [2.05, 4.69) is 20.6 Å². The van der Waals surface area contributed by atoms with Gasteiger partial charge in [0.2, 0.25) is 5.91 Å². The van der Waals surface area contributed by atoms with E-state index in [9.17, 15) is 23.6 Å². The zero-order chi connectivity index (χ0) is 31.2. The minimum Gasteiger partial charge on any atom is -0.493 e. The van der Waals surface area contributed by atoms with Crippen LogP contribution in [0, 0.1) is 5.82 Å². The number of hydrogen-bond acceptors (Lipinski definition) is 9. The van der Waals surface area contributed by atoms with Crippen LogP contribution in [0.25, 0.3) is 0 Å². The summed E-state index contributed by atoms with van der Waals surface area (Å²) in [6.45, 7) is -0.0202. The number of primary amides is 1. The number of carbonyl (C=O) groups is 4. The molecular weight excluding hydrogens is 575 g/mol. The Balaban J connectivity index is 1.40. The summed E-state index contributed by atoms with van der Waals surface area (Å²) in [5.41, 5.74) is 6.42. The standard InChI is InChI=1S/C30H31FN6O7/c1-42-25-4-2-17-3-5-27(38)35-12-18-8-19(31)11-20(9-18)44-24-6-7-37(15-23(24)36-28(39)16-43-26(25)10-17)30(41)22-14-33-21(13-34-22)29(32)40/h2,4,8-11,13-14,23-24H,3,5-7,12,15-16H2,1H3,(H2,32,40)(H,35,38)(H,36,39)/t23-,24-/m1/s1. The molecule has 5 rings (SSSR count). The van der Waals surface area contributed by atoms with E-state index in [0.29, 0.717) is 23.5 Å². The van der Waals surface area contributed by atoms with Crippen molar-refractivity contribution < 1.29 is 37.8 Å². The number of halogens is 1. The van der Waals surface area contributed by atoms with E-state index in [4.69, 9.17) is 19.9 Å². The van der Waals surface area contributed by atoms with Gasteiger partial charge in [0.25, 0.3) is 17.7 Å². The van der Waals surface area contributed by atoms with Gasteiger partial charge in [-0.15, -0.1) is 0 Å². The molecule has 230 valence electrons. The van der Waals surface area contributed by atoms with Crippen LogP contribution < -0.4 is 30.6 Å². The first-order chi connectivity index (χ1) is 21.2. The smallest absolute Gasteiger partial charge is 0.274 e. The van der Waals surface area contributed by atoms with Gasteiger partial charge in [0.1, 0.15) is 29.1 Å². The molecule has 0 radical (unpaired) electrons. The van der Waals surface area contributed by atoms with Crippen molar-refractivity contribution in [2.24, 2.45) is 5.73 Å². The largest absolute Gasteiger partial charge is 0.493 e. The van der Waals surface area contributed by atoms with Crippen LogP contribution in [0.3, 0.4) is 0 Å². The number of nitrogens with two attached hydrogens (primary N) is 1. The molecular formula is C30H31FN6O7. The molecule has 2 aliphatic heterocycles. The average Bonchev–Trinajstić information content (AvgIpc) is 3.01. The van der Waals surface area contributed by atoms with Gasteiger partial charge in [0, 0.05) is 38.5 Å². The third-order valence-electron chi connectivity index (χ3n) is 7.24. The van der Waals surface area contributed by atoms with E-state index in [1.165, 1.54) is 24.1 Å². The first-order valence-corrected chi connectivity index (χ1v) is 13.9. The molecule has 2 aromatic carbocycles. The lowest BCUT2D eigenvalue weighted by atomic mass is 10.0. The van der Waals surface area contributed by atoms with Gasteiger partial charge >= 0.3 is 0 Å². The molecule has 4 N–H and O–H groups in total. The molecule has 14 heteroatoms. The molecule has 0 aliphatic carbocycles. The Bertz CT molecular complexity index is 1570. The molecule has 0 saturated carbocycles. The van der Waals surface area contributed by atoms with Gasteiger partial charge in [-0.25, -0.2) is 14.4 Å². The first-order valence-electron chi connectivity index (χ1n) is 13.9. The van der Waals surface area contributed by atoms with Gasteiger partial charge in [0.15, 0.2) is 18.1 Å². The molecule has 0 unspecified atom stereocenters. The monoisotopic (exact) mass is 606 g/mol. The van der Waals surface area contributed by atoms with E-state index in [1.807, 2.05) is 0 Å². The predicted molar refractivity (Wildman–Crippen MR) is 152 cm³/mol. The Kier molecular flexibility index (Phi) is 9.17. The molecule has 1 saturated heterocycles. The van der Waals surface area contributed by atoms with Crippen molar-refractivity contribution in [3.8, 4) is 17.2 Å². The Morgan fingerprint density at radius 1 is 1.05 bits per heavy atom. The Morgan fingerprint density at radius 2 is 1.84 bits per heavy atom. The number of aryl methyl sites for hydroxylation is 1. The molecule has 44 heavy (non-hydrogen) atoms. The summed E-state index contributed by atoms with van der Waals surface area (Å²) < 4.78 is 31.9. The third-order valence-corrected chi connectivity index (χ3v) is 7.24. The van der Waals surface area contributed by atoms with Crippen LogP contribution in [0.1, 0.15) is 44.9 Å². The number of methoxy groups -OCH3 is 1. The van der Waals surface area contributed by atoms with Crippen LogP contribution in [0.5, 0.6) is 17.2 Å². The average molecular weight is 607 g/mol. The normalized spacial score (nSPS) is 19.1. The summed E-state index contributed by atoms with van der Waals surface area (Å²) in [5.74, 6) is -1.54. The fourth-order valence-corrected chi connectivity index (χ4v) is 5.02. The second-order valence-corrected chi connectivity index (χ2v) is 10.4. The maximum atomic E-state index is 14.6. The SMILES string of the molecule is COc1ccc2cc1OCC(=O)N[C@@H]1CN(C(=O)c3cnc(C(N)=O)cn3)CC[C@H]1Oc1cc(F)cc(c1)CNC(=O)CC2. The maximum absolute atomic E-state index is 14.6. The fraction of sp³-hybridized carbons (Fsp3) is 0.333. The summed E-state index contributed by atoms with van der Waals surface area (Å²) in [6.07, 6.45) is 2.50. The van der Waals surface area contributed by atoms with Gasteiger partial charge in [-0.1, -0.05) is 6.07 Å². The van der Waals surface area contributed by atoms with Crippen molar-refractivity contribution in [1.29, 1.82) is 0 Å². The number of nitrogens with one attached hydrogen (secondary N) is 2. The Labute approximate surface area is 251 Å². The predicted octanol–water partition coefficient (Wildman–Crippen LogP) is 1.14. The number of ether oxygens (including phenoxy) is 3. The minimum atomic E-state index is -0.774. The molecule has 3 heterocycles. The van der Waals surface area contributed by atoms with E-state index in [-0.39, 0.29) is 62.1 Å². The van der Waals surface area contributed by atoms with E-state index < -0.39 is 35.7 Å². The van der Waals surface area contributed by atoms with E-state index in [0.717, 1.165) is 18.0 Å². The molecule has 2 aliphatic rings. The summed E-state index contributed by atoms with van der Waals surface area (Å²) in [6, 6.07) is 8.64. The highest BCUT2D eigenvalue weighted by Crippen LogP contribution is 2.29. The number of fused-ring (bicyclic) bond motifs is 5. The van der Waals surface area contributed by atoms with Crippen molar-refractivity contribution in [3.05, 3.63) is 77.1 Å². The number of rotatable bonds is 3. The fourth-order valence-electron chi connectivity index (χ4n) is 5.02. The highest BCUT2D eigenvalue weighted by Gasteiger charge is 2.35. The molecule has 2 atom stereocenters. The number of aromatic nitrogens is 2. The van der Waals surface area contributed by atoms with Crippen LogP contribution in [0.2, 0.25) is 0 Å². The van der Waals surface area contributed by atoms with Crippen LogP contribution >= 0.6 is 0 Å². The number of amides is 4. The Hall–Kier alpha value is -5.27. The van der Waals surface area contributed by atoms with E-state index >= 15 is 0 Å². The van der Waals surface area contributed by atoms with Gasteiger partial charge < -0.3 is 35.5 Å². The van der Waals surface area contributed by atoms with Crippen LogP contribution in [0.4, 0.5) is 4.39 Å². The van der Waals surface area contributed by atoms with Crippen LogP contribution in [-0.4, -0.2) is 77.4 Å². The van der Waals surface area contributed by atoms with Gasteiger partial charge in [-0.2, -0.15) is 0 Å². The number of hydrogen-bond donors (Lipinski definition) is 3. The van der Waals surface area contributed by atoms with Gasteiger partial charge in [-0.3, -0.25) is 19.2 Å². The van der Waals surface area contributed by atoms with Gasteiger partial charge in [0.05, 0.1) is 25.5 Å². The molecule has 4 bridgehead atoms.